The van der Waals surface area contributed by atoms with Crippen molar-refractivity contribution in [2.75, 3.05) is 39.8 Å². The minimum atomic E-state index is -0.671. The second-order valence-corrected chi connectivity index (χ2v) is 9.62. The molecule has 36 heavy (non-hydrogen) atoms. The van der Waals surface area contributed by atoms with Gasteiger partial charge in [-0.25, -0.2) is 4.39 Å². The predicted octanol–water partition coefficient (Wildman–Crippen LogP) is 2.15. The third-order valence-corrected chi connectivity index (χ3v) is 7.25. The first-order chi connectivity index (χ1) is 17.5. The van der Waals surface area contributed by atoms with Crippen LogP contribution in [0.4, 0.5) is 4.39 Å². The summed E-state index contributed by atoms with van der Waals surface area (Å²) in [7, 11) is 1.58. The van der Waals surface area contributed by atoms with Crippen LogP contribution in [-0.2, 0) is 4.79 Å². The molecule has 1 N–H and O–H groups in total. The van der Waals surface area contributed by atoms with E-state index in [1.807, 2.05) is 4.90 Å². The van der Waals surface area contributed by atoms with Crippen molar-refractivity contribution in [1.82, 2.24) is 20.0 Å². The molecule has 0 radical (unpaired) electrons. The van der Waals surface area contributed by atoms with Crippen LogP contribution in [-0.4, -0.2) is 90.4 Å². The Morgan fingerprint density at radius 3 is 2.19 bits per heavy atom. The van der Waals surface area contributed by atoms with Gasteiger partial charge in [-0.05, 0) is 67.8 Å². The maximum Gasteiger partial charge on any atom is 0.254 e. The minimum absolute atomic E-state index is 0.0953. The smallest absolute Gasteiger partial charge is 0.254 e. The number of nitrogens with zero attached hydrogens (tertiary/aromatic N) is 3. The molecule has 8 nitrogen and oxygen atoms in total. The van der Waals surface area contributed by atoms with Gasteiger partial charge in [0.1, 0.15) is 17.6 Å². The summed E-state index contributed by atoms with van der Waals surface area (Å²) in [5, 5.41) is 3.24. The van der Waals surface area contributed by atoms with Gasteiger partial charge in [-0.2, -0.15) is 0 Å². The predicted molar refractivity (Wildman–Crippen MR) is 131 cm³/mol. The zero-order valence-electron chi connectivity index (χ0n) is 20.4. The van der Waals surface area contributed by atoms with Gasteiger partial charge in [-0.15, -0.1) is 0 Å². The fourth-order valence-electron chi connectivity index (χ4n) is 5.19. The summed E-state index contributed by atoms with van der Waals surface area (Å²) in [4.78, 5) is 46.0. The highest BCUT2D eigenvalue weighted by Gasteiger charge is 2.48. The summed E-state index contributed by atoms with van der Waals surface area (Å²) >= 11 is 0. The molecule has 0 bridgehead atoms. The Balaban J connectivity index is 1.42. The monoisotopic (exact) mass is 494 g/mol. The van der Waals surface area contributed by atoms with Crippen LogP contribution in [0.3, 0.4) is 0 Å². The van der Waals surface area contributed by atoms with Crippen molar-refractivity contribution in [3.63, 3.8) is 0 Å². The second-order valence-electron chi connectivity index (χ2n) is 9.62. The Labute approximate surface area is 210 Å². The van der Waals surface area contributed by atoms with E-state index in [4.69, 9.17) is 4.74 Å². The Morgan fingerprint density at radius 1 is 0.944 bits per heavy atom. The molecule has 2 heterocycles. The van der Waals surface area contributed by atoms with E-state index in [1.165, 1.54) is 24.3 Å². The molecule has 2 saturated heterocycles. The van der Waals surface area contributed by atoms with E-state index in [-0.39, 0.29) is 36.3 Å². The van der Waals surface area contributed by atoms with Gasteiger partial charge in [-0.1, -0.05) is 0 Å². The summed E-state index contributed by atoms with van der Waals surface area (Å²) in [6.07, 6.45) is 2.19. The first-order valence-electron chi connectivity index (χ1n) is 12.5. The number of hydrogen-bond donors (Lipinski definition) is 1. The van der Waals surface area contributed by atoms with E-state index in [0.717, 1.165) is 12.8 Å². The number of halogens is 1. The van der Waals surface area contributed by atoms with Crippen molar-refractivity contribution in [3.05, 3.63) is 65.5 Å². The Bertz CT molecular complexity index is 1110. The molecule has 3 fully saturated rings. The maximum atomic E-state index is 13.6. The summed E-state index contributed by atoms with van der Waals surface area (Å²) in [6, 6.07) is 11.5. The quantitative estimate of drug-likeness (QED) is 0.666. The summed E-state index contributed by atoms with van der Waals surface area (Å²) < 4.78 is 18.7. The third-order valence-electron chi connectivity index (χ3n) is 7.25. The van der Waals surface area contributed by atoms with Gasteiger partial charge in [0.15, 0.2) is 0 Å². The number of hydrogen-bond acceptors (Lipinski definition) is 5. The first-order valence-corrected chi connectivity index (χ1v) is 12.5. The van der Waals surface area contributed by atoms with Gasteiger partial charge >= 0.3 is 0 Å². The number of likely N-dealkylation sites (tertiary alicyclic amines) is 1. The molecule has 1 saturated carbocycles. The van der Waals surface area contributed by atoms with E-state index in [1.54, 1.807) is 41.2 Å². The van der Waals surface area contributed by atoms with Crippen LogP contribution in [0.5, 0.6) is 5.75 Å². The van der Waals surface area contributed by atoms with Crippen LogP contribution in [0, 0.1) is 5.82 Å². The summed E-state index contributed by atoms with van der Waals surface area (Å²) in [5.41, 5.74) is 0.880. The molecule has 9 heteroatoms. The average Bonchev–Trinajstić information content (AvgIpc) is 3.66. The highest BCUT2D eigenvalue weighted by atomic mass is 19.1. The molecule has 2 aliphatic heterocycles. The van der Waals surface area contributed by atoms with Crippen LogP contribution in [0.15, 0.2) is 48.5 Å². The number of carbonyl (C=O) groups excluding carboxylic acids is 3. The molecule has 3 amide bonds. The minimum Gasteiger partial charge on any atom is -0.497 e. The highest BCUT2D eigenvalue weighted by molar-refractivity contribution is 5.99. The molecule has 190 valence electrons. The zero-order chi connectivity index (χ0) is 25.2. The van der Waals surface area contributed by atoms with Crippen LogP contribution in [0.1, 0.15) is 40.0 Å². The number of ether oxygens (including phenoxy) is 1. The lowest BCUT2D eigenvalue weighted by Crippen LogP contribution is -2.53. The van der Waals surface area contributed by atoms with E-state index < -0.39 is 11.9 Å². The van der Waals surface area contributed by atoms with Gasteiger partial charge < -0.3 is 24.8 Å². The molecule has 1 aliphatic carbocycles. The standard InChI is InChI=1S/C27H31FN4O4/c1-36-23-10-4-19(5-11-23)26(34)32(21-8-9-21)22-16-24(27(35)30-14-12-29-13-15-30)31(17-22)25(33)18-2-6-20(28)7-3-18/h2-7,10-11,21-22,24,29H,8-9,12-17H2,1H3. The lowest BCUT2D eigenvalue weighted by Gasteiger charge is -2.32. The number of carbonyl (C=O) groups is 3. The molecule has 2 aromatic carbocycles. The number of amides is 3. The van der Waals surface area contributed by atoms with E-state index in [0.29, 0.717) is 49.5 Å². The zero-order valence-corrected chi connectivity index (χ0v) is 20.4. The normalized spacial score (nSPS) is 21.8. The van der Waals surface area contributed by atoms with Crippen LogP contribution in [0.25, 0.3) is 0 Å². The van der Waals surface area contributed by atoms with E-state index >= 15 is 0 Å². The van der Waals surface area contributed by atoms with Crippen LogP contribution in [0.2, 0.25) is 0 Å². The molecular weight excluding hydrogens is 463 g/mol. The topological polar surface area (TPSA) is 82.2 Å². The van der Waals surface area contributed by atoms with Gasteiger partial charge in [0.05, 0.1) is 13.2 Å². The van der Waals surface area contributed by atoms with E-state index in [2.05, 4.69) is 5.32 Å². The van der Waals surface area contributed by atoms with Crippen molar-refractivity contribution >= 4 is 17.7 Å². The van der Waals surface area contributed by atoms with Crippen molar-refractivity contribution in [3.8, 4) is 5.75 Å². The number of piperazine rings is 1. The molecule has 5 rings (SSSR count). The van der Waals surface area contributed by atoms with Gasteiger partial charge in [0.2, 0.25) is 5.91 Å². The summed E-state index contributed by atoms with van der Waals surface area (Å²) in [6.45, 7) is 2.83. The molecule has 0 spiro atoms. The van der Waals surface area contributed by atoms with Crippen molar-refractivity contribution in [1.29, 1.82) is 0 Å². The number of nitrogens with one attached hydrogen (secondary N) is 1. The fraction of sp³-hybridized carbons (Fsp3) is 0.444. The van der Waals surface area contributed by atoms with Crippen molar-refractivity contribution in [2.45, 2.75) is 37.4 Å². The number of benzene rings is 2. The molecule has 2 atom stereocenters. The number of rotatable bonds is 6. The Kier molecular flexibility index (Phi) is 6.91. The van der Waals surface area contributed by atoms with E-state index in [9.17, 15) is 18.8 Å². The van der Waals surface area contributed by atoms with Gasteiger partial charge in [0, 0.05) is 49.9 Å². The summed E-state index contributed by atoms with van der Waals surface area (Å²) in [5.74, 6) is -0.275. The fourth-order valence-corrected chi connectivity index (χ4v) is 5.19. The maximum absolute atomic E-state index is 13.6. The Morgan fingerprint density at radius 2 is 1.58 bits per heavy atom. The second kappa shape index (κ2) is 10.3. The number of methoxy groups -OCH3 is 1. The third kappa shape index (κ3) is 4.93. The van der Waals surface area contributed by atoms with Crippen LogP contribution < -0.4 is 10.1 Å². The van der Waals surface area contributed by atoms with Crippen LogP contribution >= 0.6 is 0 Å². The van der Waals surface area contributed by atoms with Gasteiger partial charge in [-0.3, -0.25) is 14.4 Å². The lowest BCUT2D eigenvalue weighted by atomic mass is 10.1. The van der Waals surface area contributed by atoms with Crippen molar-refractivity contribution < 1.29 is 23.5 Å². The first kappa shape index (κ1) is 24.2. The molecule has 2 aromatic rings. The lowest BCUT2D eigenvalue weighted by molar-refractivity contribution is -0.135. The molecular formula is C27H31FN4O4. The Hall–Kier alpha value is -3.46. The average molecular weight is 495 g/mol. The van der Waals surface area contributed by atoms with Crippen molar-refractivity contribution in [2.24, 2.45) is 0 Å². The molecule has 2 unspecified atom stereocenters. The van der Waals surface area contributed by atoms with Gasteiger partial charge in [0.25, 0.3) is 11.8 Å². The largest absolute Gasteiger partial charge is 0.497 e. The molecule has 0 aromatic heterocycles. The molecule has 3 aliphatic rings. The SMILES string of the molecule is COc1ccc(C(=O)N(C2CC2)C2CC(C(=O)N3CCNCC3)N(C(=O)c3ccc(F)cc3)C2)cc1. The highest BCUT2D eigenvalue weighted by Crippen LogP contribution is 2.36.